The maximum atomic E-state index is 14.0. The standard InChI is InChI=1S/C24H24FN5O2/c1-14(2)18-11-15(5-7-19(18)25)28-24-29-20-12-16(6-8-22(20)30(24)4)32-17-9-10-27-21(13-17)23(31)26-3/h5-14H,1-4H3,(H,26,31)(H,28,29). The van der Waals surface area contributed by atoms with Crippen LogP contribution in [0, 0.1) is 5.82 Å². The third kappa shape index (κ3) is 4.25. The highest BCUT2D eigenvalue weighted by Crippen LogP contribution is 2.29. The zero-order valence-electron chi connectivity index (χ0n) is 18.3. The van der Waals surface area contributed by atoms with E-state index in [9.17, 15) is 9.18 Å². The van der Waals surface area contributed by atoms with Crippen LogP contribution in [0.15, 0.2) is 54.7 Å². The fourth-order valence-electron chi connectivity index (χ4n) is 3.41. The van der Waals surface area contributed by atoms with Crippen molar-refractivity contribution in [3.8, 4) is 11.5 Å². The Kier molecular flexibility index (Phi) is 5.77. The number of anilines is 2. The lowest BCUT2D eigenvalue weighted by Gasteiger charge is -2.11. The van der Waals surface area contributed by atoms with Crippen molar-refractivity contribution in [2.45, 2.75) is 19.8 Å². The van der Waals surface area contributed by atoms with E-state index in [-0.39, 0.29) is 23.3 Å². The topological polar surface area (TPSA) is 81.1 Å². The van der Waals surface area contributed by atoms with Crippen LogP contribution in [0.4, 0.5) is 16.0 Å². The third-order valence-corrected chi connectivity index (χ3v) is 5.15. The molecule has 0 saturated carbocycles. The molecule has 0 aliphatic heterocycles. The minimum absolute atomic E-state index is 0.0778. The predicted molar refractivity (Wildman–Crippen MR) is 122 cm³/mol. The Morgan fingerprint density at radius 3 is 2.62 bits per heavy atom. The van der Waals surface area contributed by atoms with Crippen LogP contribution < -0.4 is 15.4 Å². The van der Waals surface area contributed by atoms with Crippen molar-refractivity contribution in [1.82, 2.24) is 19.9 Å². The van der Waals surface area contributed by atoms with Gasteiger partial charge in [0, 0.05) is 38.1 Å². The largest absolute Gasteiger partial charge is 0.457 e. The summed E-state index contributed by atoms with van der Waals surface area (Å²) in [5.41, 5.74) is 3.34. The molecule has 0 spiro atoms. The monoisotopic (exact) mass is 433 g/mol. The van der Waals surface area contributed by atoms with Gasteiger partial charge in [0.25, 0.3) is 5.91 Å². The van der Waals surface area contributed by atoms with Crippen LogP contribution in [-0.2, 0) is 7.05 Å². The fraction of sp³-hybridized carbons (Fsp3) is 0.208. The number of hydrogen-bond acceptors (Lipinski definition) is 5. The number of carbonyl (C=O) groups excluding carboxylic acids is 1. The third-order valence-electron chi connectivity index (χ3n) is 5.15. The van der Waals surface area contributed by atoms with Crippen LogP contribution in [0.3, 0.4) is 0 Å². The molecule has 4 aromatic rings. The van der Waals surface area contributed by atoms with Gasteiger partial charge < -0.3 is 19.9 Å². The van der Waals surface area contributed by atoms with Gasteiger partial charge in [0.2, 0.25) is 5.95 Å². The van der Waals surface area contributed by atoms with Crippen LogP contribution in [0.5, 0.6) is 11.5 Å². The highest BCUT2D eigenvalue weighted by Gasteiger charge is 2.13. The number of imidazole rings is 1. The minimum atomic E-state index is -0.284. The predicted octanol–water partition coefficient (Wildman–Crippen LogP) is 5.13. The number of benzene rings is 2. The number of aromatic nitrogens is 3. The second-order valence-electron chi connectivity index (χ2n) is 7.72. The number of hydrogen-bond donors (Lipinski definition) is 2. The number of carbonyl (C=O) groups is 1. The Hall–Kier alpha value is -3.94. The number of rotatable bonds is 6. The van der Waals surface area contributed by atoms with Crippen molar-refractivity contribution in [3.63, 3.8) is 0 Å². The summed E-state index contributed by atoms with van der Waals surface area (Å²) in [6.45, 7) is 3.92. The lowest BCUT2D eigenvalue weighted by Crippen LogP contribution is -2.18. The van der Waals surface area contributed by atoms with E-state index in [0.717, 1.165) is 16.7 Å². The first-order chi connectivity index (χ1) is 15.4. The summed E-state index contributed by atoms with van der Waals surface area (Å²) in [7, 11) is 3.46. The summed E-state index contributed by atoms with van der Waals surface area (Å²) in [5, 5.41) is 5.81. The molecule has 8 heteroatoms. The minimum Gasteiger partial charge on any atom is -0.457 e. The smallest absolute Gasteiger partial charge is 0.269 e. The molecular weight excluding hydrogens is 409 g/mol. The molecule has 0 fully saturated rings. The molecular formula is C24H24FN5O2. The quantitative estimate of drug-likeness (QED) is 0.441. The van der Waals surface area contributed by atoms with Gasteiger partial charge >= 0.3 is 0 Å². The van der Waals surface area contributed by atoms with Gasteiger partial charge in [-0.3, -0.25) is 9.78 Å². The zero-order valence-corrected chi connectivity index (χ0v) is 18.3. The van der Waals surface area contributed by atoms with Crippen molar-refractivity contribution in [3.05, 3.63) is 71.8 Å². The number of aryl methyl sites for hydroxylation is 1. The molecule has 0 bridgehead atoms. The first kappa shape index (κ1) is 21.3. The molecule has 0 aliphatic carbocycles. The molecule has 0 aliphatic rings. The van der Waals surface area contributed by atoms with Gasteiger partial charge in [-0.25, -0.2) is 9.37 Å². The Bertz CT molecular complexity index is 1300. The molecule has 2 N–H and O–H groups in total. The van der Waals surface area contributed by atoms with Crippen LogP contribution in [-0.4, -0.2) is 27.5 Å². The summed E-state index contributed by atoms with van der Waals surface area (Å²) in [4.78, 5) is 20.5. The van der Waals surface area contributed by atoms with Crippen LogP contribution in [0.1, 0.15) is 35.8 Å². The number of ether oxygens (including phenoxy) is 1. The molecule has 1 amide bonds. The van der Waals surface area contributed by atoms with Crippen molar-refractivity contribution in [2.75, 3.05) is 12.4 Å². The number of nitrogens with one attached hydrogen (secondary N) is 2. The van der Waals surface area contributed by atoms with Gasteiger partial charge in [0.05, 0.1) is 11.0 Å². The number of nitrogens with zero attached hydrogens (tertiary/aromatic N) is 3. The second-order valence-corrected chi connectivity index (χ2v) is 7.72. The zero-order chi connectivity index (χ0) is 22.8. The highest BCUT2D eigenvalue weighted by atomic mass is 19.1. The Labute approximate surface area is 185 Å². The van der Waals surface area contributed by atoms with Crippen LogP contribution >= 0.6 is 0 Å². The SMILES string of the molecule is CNC(=O)c1cc(Oc2ccc3c(c2)nc(Nc2ccc(F)c(C(C)C)c2)n3C)ccn1. The second kappa shape index (κ2) is 8.66. The maximum Gasteiger partial charge on any atom is 0.269 e. The molecule has 0 saturated heterocycles. The van der Waals surface area contributed by atoms with Crippen molar-refractivity contribution < 1.29 is 13.9 Å². The van der Waals surface area contributed by atoms with Gasteiger partial charge in [-0.1, -0.05) is 13.8 Å². The van der Waals surface area contributed by atoms with E-state index in [1.54, 1.807) is 31.3 Å². The first-order valence-electron chi connectivity index (χ1n) is 10.2. The van der Waals surface area contributed by atoms with Gasteiger partial charge in [-0.15, -0.1) is 0 Å². The molecule has 164 valence electrons. The summed E-state index contributed by atoms with van der Waals surface area (Å²) >= 11 is 0. The number of amides is 1. The molecule has 2 aromatic heterocycles. The Balaban J connectivity index is 1.60. The van der Waals surface area contributed by atoms with Gasteiger partial charge in [0.15, 0.2) is 0 Å². The lowest BCUT2D eigenvalue weighted by molar-refractivity contribution is 0.0958. The van der Waals surface area contributed by atoms with Gasteiger partial charge in [-0.05, 0) is 47.9 Å². The van der Waals surface area contributed by atoms with E-state index in [1.165, 1.54) is 12.3 Å². The molecule has 0 atom stereocenters. The van der Waals surface area contributed by atoms with E-state index in [4.69, 9.17) is 4.74 Å². The molecule has 0 radical (unpaired) electrons. The number of halogens is 1. The first-order valence-corrected chi connectivity index (χ1v) is 10.2. The van der Waals surface area contributed by atoms with Gasteiger partial charge in [0.1, 0.15) is 23.0 Å². The van der Waals surface area contributed by atoms with E-state index in [2.05, 4.69) is 20.6 Å². The van der Waals surface area contributed by atoms with Crippen molar-refractivity contribution >= 4 is 28.6 Å². The summed E-state index contributed by atoms with van der Waals surface area (Å²) in [5.74, 6) is 1.29. The molecule has 0 unspecified atom stereocenters. The maximum absolute atomic E-state index is 14.0. The summed E-state index contributed by atoms with van der Waals surface area (Å²) in [6, 6.07) is 13.8. The van der Waals surface area contributed by atoms with E-state index in [0.29, 0.717) is 23.0 Å². The molecule has 7 nitrogen and oxygen atoms in total. The average Bonchev–Trinajstić information content (AvgIpc) is 3.09. The summed E-state index contributed by atoms with van der Waals surface area (Å²) in [6.07, 6.45) is 1.52. The lowest BCUT2D eigenvalue weighted by atomic mass is 10.0. The molecule has 4 rings (SSSR count). The molecule has 32 heavy (non-hydrogen) atoms. The number of fused-ring (bicyclic) bond motifs is 1. The molecule has 2 heterocycles. The van der Waals surface area contributed by atoms with Crippen LogP contribution in [0.2, 0.25) is 0 Å². The molecule has 2 aromatic carbocycles. The summed E-state index contributed by atoms with van der Waals surface area (Å²) < 4.78 is 21.9. The van der Waals surface area contributed by atoms with Crippen molar-refractivity contribution in [1.29, 1.82) is 0 Å². The van der Waals surface area contributed by atoms with E-state index < -0.39 is 0 Å². The van der Waals surface area contributed by atoms with Crippen molar-refractivity contribution in [2.24, 2.45) is 7.05 Å². The van der Waals surface area contributed by atoms with E-state index in [1.807, 2.05) is 43.7 Å². The Morgan fingerprint density at radius 1 is 1.09 bits per heavy atom. The normalized spacial score (nSPS) is 11.1. The average molecular weight is 433 g/mol. The van der Waals surface area contributed by atoms with Crippen LogP contribution in [0.25, 0.3) is 11.0 Å². The van der Waals surface area contributed by atoms with Gasteiger partial charge in [-0.2, -0.15) is 0 Å². The fourth-order valence-corrected chi connectivity index (χ4v) is 3.41. The highest BCUT2D eigenvalue weighted by molar-refractivity contribution is 5.92. The Morgan fingerprint density at radius 2 is 1.88 bits per heavy atom. The number of pyridine rings is 1. The van der Waals surface area contributed by atoms with E-state index >= 15 is 0 Å².